The van der Waals surface area contributed by atoms with Crippen molar-refractivity contribution in [2.24, 2.45) is 11.8 Å². The Morgan fingerprint density at radius 3 is 2.50 bits per heavy atom. The molecular formula is C12H20O3S. The van der Waals surface area contributed by atoms with Gasteiger partial charge in [-0.1, -0.05) is 19.8 Å². The summed E-state index contributed by atoms with van der Waals surface area (Å²) in [6.07, 6.45) is 6.11. The van der Waals surface area contributed by atoms with Crippen molar-refractivity contribution in [2.45, 2.75) is 55.9 Å². The number of carbonyl (C=O) groups is 1. The minimum Gasteiger partial charge on any atom is -0.480 e. The molecule has 2 fully saturated rings. The van der Waals surface area contributed by atoms with Crippen LogP contribution in [0.3, 0.4) is 0 Å². The van der Waals surface area contributed by atoms with Crippen molar-refractivity contribution in [1.82, 2.24) is 0 Å². The molecule has 0 spiro atoms. The Morgan fingerprint density at radius 1 is 1.31 bits per heavy atom. The highest BCUT2D eigenvalue weighted by Gasteiger charge is 2.43. The highest BCUT2D eigenvalue weighted by Crippen LogP contribution is 2.38. The molecule has 4 unspecified atom stereocenters. The Balaban J connectivity index is 2.01. The second kappa shape index (κ2) is 4.86. The molecule has 92 valence electrons. The van der Waals surface area contributed by atoms with E-state index < -0.39 is 22.0 Å². The van der Waals surface area contributed by atoms with Crippen LogP contribution in [0.15, 0.2) is 0 Å². The lowest BCUT2D eigenvalue weighted by molar-refractivity contribution is -0.136. The maximum atomic E-state index is 12.3. The lowest BCUT2D eigenvalue weighted by Gasteiger charge is -2.28. The molecule has 0 aromatic carbocycles. The highest BCUT2D eigenvalue weighted by molar-refractivity contribution is 7.87. The topological polar surface area (TPSA) is 54.4 Å². The van der Waals surface area contributed by atoms with Crippen molar-refractivity contribution >= 4 is 16.8 Å². The van der Waals surface area contributed by atoms with E-state index in [4.69, 9.17) is 5.11 Å². The van der Waals surface area contributed by atoms with E-state index in [1.54, 1.807) is 0 Å². The second-order valence-corrected chi connectivity index (χ2v) is 7.15. The minimum absolute atomic E-state index is 0.130. The fraction of sp³-hybridized carbons (Fsp3) is 0.917. The molecule has 4 atom stereocenters. The number of aliphatic carboxylic acids is 1. The Morgan fingerprint density at radius 2 is 2.00 bits per heavy atom. The van der Waals surface area contributed by atoms with E-state index in [-0.39, 0.29) is 11.2 Å². The van der Waals surface area contributed by atoms with Crippen LogP contribution in [0.4, 0.5) is 0 Å². The quantitative estimate of drug-likeness (QED) is 0.824. The molecule has 2 aliphatic rings. The van der Waals surface area contributed by atoms with Gasteiger partial charge in [-0.15, -0.1) is 0 Å². The largest absolute Gasteiger partial charge is 0.480 e. The maximum Gasteiger partial charge on any atom is 0.319 e. The number of carboxylic acid groups (broad SMARTS) is 1. The standard InChI is InChI=1S/C12H20O3S/c1-8-3-2-4-10(7-8)16(15)11(12(13)14)9-5-6-9/h8-11H,2-7H2,1H3,(H,13,14). The fourth-order valence-corrected chi connectivity index (χ4v) is 4.87. The lowest BCUT2D eigenvalue weighted by Crippen LogP contribution is -2.36. The molecule has 0 aliphatic heterocycles. The lowest BCUT2D eigenvalue weighted by atomic mass is 9.91. The van der Waals surface area contributed by atoms with Crippen molar-refractivity contribution in [3.05, 3.63) is 0 Å². The molecular weight excluding hydrogens is 224 g/mol. The van der Waals surface area contributed by atoms with Crippen molar-refractivity contribution in [3.8, 4) is 0 Å². The summed E-state index contributed by atoms with van der Waals surface area (Å²) in [4.78, 5) is 11.2. The van der Waals surface area contributed by atoms with Crippen LogP contribution in [0.1, 0.15) is 45.4 Å². The summed E-state index contributed by atoms with van der Waals surface area (Å²) in [5.41, 5.74) is 0. The van der Waals surface area contributed by atoms with Gasteiger partial charge in [-0.2, -0.15) is 0 Å². The van der Waals surface area contributed by atoms with Crippen molar-refractivity contribution in [3.63, 3.8) is 0 Å². The second-order valence-electron chi connectivity index (χ2n) is 5.32. The molecule has 0 heterocycles. The predicted octanol–water partition coefficient (Wildman–Crippen LogP) is 2.18. The summed E-state index contributed by atoms with van der Waals surface area (Å²) < 4.78 is 12.3. The Kier molecular flexibility index (Phi) is 3.67. The van der Waals surface area contributed by atoms with Gasteiger partial charge in [0.15, 0.2) is 0 Å². The van der Waals surface area contributed by atoms with Crippen LogP contribution in [0.5, 0.6) is 0 Å². The van der Waals surface area contributed by atoms with Gasteiger partial charge >= 0.3 is 5.97 Å². The minimum atomic E-state index is -1.16. The number of hydrogen-bond acceptors (Lipinski definition) is 2. The number of carboxylic acids is 1. The molecule has 0 aromatic heterocycles. The molecule has 2 saturated carbocycles. The van der Waals surface area contributed by atoms with Crippen molar-refractivity contribution in [1.29, 1.82) is 0 Å². The first-order chi connectivity index (χ1) is 7.59. The third-order valence-corrected chi connectivity index (χ3v) is 5.93. The first-order valence-corrected chi connectivity index (χ1v) is 7.49. The van der Waals surface area contributed by atoms with Gasteiger partial charge in [0, 0.05) is 16.0 Å². The van der Waals surface area contributed by atoms with E-state index in [9.17, 15) is 9.00 Å². The summed E-state index contributed by atoms with van der Waals surface area (Å²) in [5.74, 6) is -0.0500. The van der Waals surface area contributed by atoms with Crippen molar-refractivity contribution < 1.29 is 14.1 Å². The molecule has 2 aliphatic carbocycles. The van der Waals surface area contributed by atoms with Gasteiger partial charge in [-0.05, 0) is 37.5 Å². The highest BCUT2D eigenvalue weighted by atomic mass is 32.2. The van der Waals surface area contributed by atoms with Crippen LogP contribution >= 0.6 is 0 Å². The van der Waals surface area contributed by atoms with Gasteiger partial charge in [0.2, 0.25) is 0 Å². The first kappa shape index (κ1) is 12.1. The third-order valence-electron chi connectivity index (χ3n) is 3.76. The van der Waals surface area contributed by atoms with Crippen LogP contribution in [-0.2, 0) is 15.6 Å². The van der Waals surface area contributed by atoms with Gasteiger partial charge < -0.3 is 5.11 Å². The molecule has 0 amide bonds. The predicted molar refractivity (Wildman–Crippen MR) is 63.7 cm³/mol. The van der Waals surface area contributed by atoms with E-state index in [1.807, 2.05) is 0 Å². The summed E-state index contributed by atoms with van der Waals surface area (Å²) >= 11 is 0. The maximum absolute atomic E-state index is 12.3. The smallest absolute Gasteiger partial charge is 0.319 e. The van der Waals surface area contributed by atoms with Crippen LogP contribution < -0.4 is 0 Å². The Labute approximate surface area is 99.1 Å². The molecule has 0 aromatic rings. The summed E-state index contributed by atoms with van der Waals surface area (Å²) in [6.45, 7) is 2.18. The Hall–Kier alpha value is -0.380. The molecule has 3 nitrogen and oxygen atoms in total. The van der Waals surface area contributed by atoms with Crippen LogP contribution in [0.25, 0.3) is 0 Å². The molecule has 0 saturated heterocycles. The van der Waals surface area contributed by atoms with Crippen LogP contribution in [0.2, 0.25) is 0 Å². The zero-order valence-electron chi connectivity index (χ0n) is 9.72. The average Bonchev–Trinajstić information content (AvgIpc) is 3.01. The summed E-state index contributed by atoms with van der Waals surface area (Å²) in [6, 6.07) is 0. The van der Waals surface area contributed by atoms with E-state index in [0.29, 0.717) is 5.92 Å². The fourth-order valence-electron chi connectivity index (χ4n) is 2.69. The monoisotopic (exact) mass is 244 g/mol. The Bertz CT molecular complexity index is 299. The zero-order chi connectivity index (χ0) is 11.7. The SMILES string of the molecule is CC1CCCC(S(=O)C(C(=O)O)C2CC2)C1. The van der Waals surface area contributed by atoms with Crippen LogP contribution in [-0.4, -0.2) is 25.8 Å². The molecule has 0 bridgehead atoms. The molecule has 1 N–H and O–H groups in total. The third kappa shape index (κ3) is 2.65. The van der Waals surface area contributed by atoms with Gasteiger partial charge in [0.1, 0.15) is 5.25 Å². The normalized spacial score (nSPS) is 34.3. The molecule has 0 radical (unpaired) electrons. The van der Waals surface area contributed by atoms with Gasteiger partial charge in [-0.25, -0.2) is 0 Å². The van der Waals surface area contributed by atoms with Gasteiger partial charge in [0.25, 0.3) is 0 Å². The molecule has 4 heteroatoms. The molecule has 16 heavy (non-hydrogen) atoms. The van der Waals surface area contributed by atoms with E-state index in [2.05, 4.69) is 6.92 Å². The van der Waals surface area contributed by atoms with Gasteiger partial charge in [-0.3, -0.25) is 9.00 Å². The molecule has 2 rings (SSSR count). The first-order valence-electron chi connectivity index (χ1n) is 6.21. The van der Waals surface area contributed by atoms with E-state index in [1.165, 1.54) is 6.42 Å². The summed E-state index contributed by atoms with van der Waals surface area (Å²) in [5, 5.41) is 8.70. The summed E-state index contributed by atoms with van der Waals surface area (Å²) in [7, 11) is -1.16. The number of rotatable bonds is 4. The zero-order valence-corrected chi connectivity index (χ0v) is 10.5. The average molecular weight is 244 g/mol. The van der Waals surface area contributed by atoms with Gasteiger partial charge in [0.05, 0.1) is 0 Å². The van der Waals surface area contributed by atoms with Crippen LogP contribution in [0, 0.1) is 11.8 Å². The van der Waals surface area contributed by atoms with E-state index in [0.717, 1.165) is 32.1 Å². The number of hydrogen-bond donors (Lipinski definition) is 1. The van der Waals surface area contributed by atoms with E-state index >= 15 is 0 Å². The van der Waals surface area contributed by atoms with Crippen molar-refractivity contribution in [2.75, 3.05) is 0 Å².